The van der Waals surface area contributed by atoms with Gasteiger partial charge in [-0.05, 0) is 12.1 Å². The van der Waals surface area contributed by atoms with Crippen LogP contribution in [0.2, 0.25) is 0 Å². The SMILES string of the molecule is CNc1ccccc1C(=O)O[C@@H]1[C@H](O)[C@@H](COP(=O)(O)OP(=O)(O)CP(=O)(O)O)O[C@H]1n1cnc2c(=O)[nH]c(N)nc21. The fourth-order valence-corrected chi connectivity index (χ4v) is 8.36. The van der Waals surface area contributed by atoms with Gasteiger partial charge in [0.25, 0.3) is 5.56 Å². The highest BCUT2D eigenvalue weighted by molar-refractivity contribution is 7.73. The topological polar surface area (TPSA) is 308 Å². The van der Waals surface area contributed by atoms with Gasteiger partial charge in [0.05, 0.1) is 18.5 Å². The molecule has 6 atom stereocenters. The Kier molecular flexibility index (Phi) is 9.09. The number of aliphatic hydroxyl groups is 1. The smallest absolute Gasteiger partial charge is 0.451 e. The van der Waals surface area contributed by atoms with Crippen molar-refractivity contribution in [3.8, 4) is 0 Å². The number of aliphatic hydroxyl groups excluding tert-OH is 1. The number of nitrogens with one attached hydrogen (secondary N) is 2. The maximum Gasteiger partial charge on any atom is 0.479 e. The summed E-state index contributed by atoms with van der Waals surface area (Å²) in [6.07, 6.45) is -5.37. The van der Waals surface area contributed by atoms with Gasteiger partial charge < -0.3 is 45.2 Å². The molecular formula is C19H25N6O14P3. The summed E-state index contributed by atoms with van der Waals surface area (Å²) in [4.78, 5) is 72.8. The molecule has 3 aromatic rings. The summed E-state index contributed by atoms with van der Waals surface area (Å²) in [5.74, 6) is -3.00. The number of para-hydroxylation sites is 1. The van der Waals surface area contributed by atoms with E-state index in [1.165, 1.54) is 6.07 Å². The zero-order valence-electron chi connectivity index (χ0n) is 21.3. The third-order valence-corrected chi connectivity index (χ3v) is 10.9. The van der Waals surface area contributed by atoms with Gasteiger partial charge in [0.1, 0.15) is 12.2 Å². The number of imidazole rings is 1. The summed E-state index contributed by atoms with van der Waals surface area (Å²) in [6, 6.07) is 6.23. The van der Waals surface area contributed by atoms with Crippen LogP contribution in [0.15, 0.2) is 35.4 Å². The third-order valence-electron chi connectivity index (χ3n) is 5.69. The van der Waals surface area contributed by atoms with Crippen molar-refractivity contribution in [2.75, 3.05) is 30.6 Å². The van der Waals surface area contributed by atoms with Crippen LogP contribution in [0.5, 0.6) is 0 Å². The van der Waals surface area contributed by atoms with Gasteiger partial charge in [-0.15, -0.1) is 0 Å². The van der Waals surface area contributed by atoms with Crippen LogP contribution in [0.1, 0.15) is 16.6 Å². The molecule has 0 saturated carbocycles. The fourth-order valence-electron chi connectivity index (χ4n) is 4.01. The minimum atomic E-state index is -5.47. The first-order valence-corrected chi connectivity index (χ1v) is 16.6. The molecule has 0 amide bonds. The van der Waals surface area contributed by atoms with Crippen LogP contribution in [0.4, 0.5) is 11.6 Å². The molecular weight excluding hydrogens is 629 g/mol. The monoisotopic (exact) mass is 654 g/mol. The largest absolute Gasteiger partial charge is 0.479 e. The first-order valence-electron chi connectivity index (χ1n) is 11.6. The number of benzene rings is 1. The molecule has 1 saturated heterocycles. The Bertz CT molecular complexity index is 1690. The molecule has 2 unspecified atom stereocenters. The lowest BCUT2D eigenvalue weighted by atomic mass is 10.1. The minimum absolute atomic E-state index is 0.0666. The molecule has 0 bridgehead atoms. The van der Waals surface area contributed by atoms with Gasteiger partial charge in [-0.2, -0.15) is 4.98 Å². The Labute approximate surface area is 234 Å². The number of ether oxygens (including phenoxy) is 2. The van der Waals surface area contributed by atoms with Crippen LogP contribution in [0, 0.1) is 0 Å². The Balaban J connectivity index is 1.62. The summed E-state index contributed by atoms with van der Waals surface area (Å²) < 4.78 is 56.3. The molecule has 0 aliphatic carbocycles. The normalized spacial score (nSPS) is 23.8. The van der Waals surface area contributed by atoms with Gasteiger partial charge in [-0.3, -0.25) is 28.0 Å². The minimum Gasteiger partial charge on any atom is -0.451 e. The number of hydrogen-bond acceptors (Lipinski definition) is 14. The zero-order valence-corrected chi connectivity index (χ0v) is 24.0. The van der Waals surface area contributed by atoms with E-state index in [4.69, 9.17) is 25.0 Å². The molecule has 1 aromatic carbocycles. The van der Waals surface area contributed by atoms with Gasteiger partial charge >= 0.3 is 29.0 Å². The number of phosphoric acid groups is 1. The maximum absolute atomic E-state index is 13.1. The number of hydrogen-bond donors (Lipinski definition) is 8. The standard InChI is InChI=1S/C19H25N6O14P3/c1-21-10-5-3-2-4-9(10)18(28)38-14-13(26)11(6-36-42(34,35)39-41(32,33)8-40(29,30)31)37-17(14)25-7-22-12-15(25)23-19(20)24-16(12)27/h2-5,7,11,13-14,17,21,26H,6,8H2,1H3,(H,32,33)(H,34,35)(H2,29,30,31)(H3,20,23,24,27)/t11-,13-,14-,17-/m1/s1. The lowest BCUT2D eigenvalue weighted by Gasteiger charge is -2.22. The summed E-state index contributed by atoms with van der Waals surface area (Å²) in [5, 5.41) is 13.8. The van der Waals surface area contributed by atoms with Gasteiger partial charge in [-0.1, -0.05) is 12.1 Å². The summed E-state index contributed by atoms with van der Waals surface area (Å²) in [6.45, 7) is -1.02. The second-order valence-electron chi connectivity index (χ2n) is 8.79. The van der Waals surface area contributed by atoms with Crippen molar-refractivity contribution >= 4 is 51.8 Å². The Morgan fingerprint density at radius 1 is 1.21 bits per heavy atom. The van der Waals surface area contributed by atoms with Crippen molar-refractivity contribution in [3.05, 3.63) is 46.5 Å². The number of rotatable bonds is 11. The third kappa shape index (κ3) is 7.31. The summed E-state index contributed by atoms with van der Waals surface area (Å²) in [7, 11) is -14.4. The van der Waals surface area contributed by atoms with Crippen molar-refractivity contribution in [2.24, 2.45) is 0 Å². The molecule has 20 nitrogen and oxygen atoms in total. The quantitative estimate of drug-likeness (QED) is 0.0970. The number of fused-ring (bicyclic) bond motifs is 1. The van der Waals surface area contributed by atoms with E-state index in [9.17, 15) is 38.2 Å². The first kappa shape index (κ1) is 31.9. The molecule has 0 radical (unpaired) electrons. The van der Waals surface area contributed by atoms with Crippen molar-refractivity contribution in [3.63, 3.8) is 0 Å². The highest BCUT2D eigenvalue weighted by Crippen LogP contribution is 2.65. The van der Waals surface area contributed by atoms with Crippen LogP contribution in [-0.2, 0) is 32.0 Å². The lowest BCUT2D eigenvalue weighted by molar-refractivity contribution is -0.0557. The molecule has 0 spiro atoms. The predicted molar refractivity (Wildman–Crippen MR) is 141 cm³/mol. The molecule has 1 fully saturated rings. The second-order valence-corrected chi connectivity index (χ2v) is 14.4. The molecule has 2 aromatic heterocycles. The van der Waals surface area contributed by atoms with E-state index in [1.54, 1.807) is 25.2 Å². The van der Waals surface area contributed by atoms with Gasteiger partial charge in [0.15, 0.2) is 29.4 Å². The zero-order chi connectivity index (χ0) is 31.0. The summed E-state index contributed by atoms with van der Waals surface area (Å²) >= 11 is 0. The van der Waals surface area contributed by atoms with Gasteiger partial charge in [-0.25, -0.2) is 18.7 Å². The average Bonchev–Trinajstić information content (AvgIpc) is 3.41. The number of H-pyrrole nitrogens is 1. The molecule has 3 heterocycles. The maximum atomic E-state index is 13.1. The first-order chi connectivity index (χ1) is 19.5. The van der Waals surface area contributed by atoms with E-state index < -0.39 is 71.6 Å². The van der Waals surface area contributed by atoms with E-state index in [1.807, 2.05) is 0 Å². The fraction of sp³-hybridized carbons (Fsp3) is 0.368. The van der Waals surface area contributed by atoms with E-state index in [2.05, 4.69) is 29.1 Å². The number of nitrogen functional groups attached to an aromatic ring is 1. The number of carbonyl (C=O) groups is 1. The number of anilines is 2. The Morgan fingerprint density at radius 2 is 1.90 bits per heavy atom. The van der Waals surface area contributed by atoms with E-state index >= 15 is 0 Å². The number of aromatic amines is 1. The molecule has 42 heavy (non-hydrogen) atoms. The molecule has 230 valence electrons. The molecule has 1 aliphatic heterocycles. The summed E-state index contributed by atoms with van der Waals surface area (Å²) in [5.41, 5.74) is 5.04. The number of esters is 1. The van der Waals surface area contributed by atoms with E-state index in [-0.39, 0.29) is 22.7 Å². The van der Waals surface area contributed by atoms with Crippen LogP contribution in [0.25, 0.3) is 11.2 Å². The number of phosphoric ester groups is 1. The van der Waals surface area contributed by atoms with Crippen LogP contribution < -0.4 is 16.6 Å². The van der Waals surface area contributed by atoms with Gasteiger partial charge in [0, 0.05) is 12.7 Å². The number of aromatic nitrogens is 4. The van der Waals surface area contributed by atoms with Crippen molar-refractivity contribution in [1.82, 2.24) is 19.5 Å². The van der Waals surface area contributed by atoms with Crippen LogP contribution >= 0.6 is 23.0 Å². The lowest BCUT2D eigenvalue weighted by Crippen LogP contribution is -2.37. The number of carbonyl (C=O) groups excluding carboxylic acids is 1. The van der Waals surface area contributed by atoms with Crippen molar-refractivity contribution in [1.29, 1.82) is 0 Å². The van der Waals surface area contributed by atoms with Gasteiger partial charge in [0.2, 0.25) is 5.95 Å². The Hall–Kier alpha value is -2.99. The van der Waals surface area contributed by atoms with Crippen LogP contribution in [-0.4, -0.2) is 88.0 Å². The Morgan fingerprint density at radius 3 is 2.57 bits per heavy atom. The second kappa shape index (κ2) is 11.9. The molecule has 1 aliphatic rings. The number of nitrogens with two attached hydrogens (primary N) is 1. The molecule has 4 rings (SSSR count). The van der Waals surface area contributed by atoms with Crippen molar-refractivity contribution in [2.45, 2.75) is 24.5 Å². The average molecular weight is 654 g/mol. The molecule has 9 N–H and O–H groups in total. The van der Waals surface area contributed by atoms with Crippen molar-refractivity contribution < 1.29 is 61.5 Å². The van der Waals surface area contributed by atoms with Crippen LogP contribution in [0.3, 0.4) is 0 Å². The van der Waals surface area contributed by atoms with E-state index in [0.29, 0.717) is 5.69 Å². The molecule has 23 heteroatoms. The van der Waals surface area contributed by atoms with E-state index in [0.717, 1.165) is 10.9 Å². The predicted octanol–water partition coefficient (Wildman–Crippen LogP) is -0.318. The number of nitrogens with zero attached hydrogens (tertiary/aromatic N) is 3. The highest BCUT2D eigenvalue weighted by Gasteiger charge is 2.49. The highest BCUT2D eigenvalue weighted by atomic mass is 31.3.